The Morgan fingerprint density at radius 1 is 0.636 bits per heavy atom. The van der Waals surface area contributed by atoms with Crippen LogP contribution in [0.15, 0.2) is 60.7 Å². The van der Waals surface area contributed by atoms with Crippen molar-refractivity contribution in [2.75, 3.05) is 11.5 Å². The summed E-state index contributed by atoms with van der Waals surface area (Å²) in [5.41, 5.74) is 2.82. The Kier molecular flexibility index (Phi) is 6.05. The van der Waals surface area contributed by atoms with Gasteiger partial charge in [-0.25, -0.2) is 0 Å². The lowest BCUT2D eigenvalue weighted by molar-refractivity contribution is 0.516. The van der Waals surface area contributed by atoms with Gasteiger partial charge in [0.05, 0.1) is 9.49 Å². The van der Waals surface area contributed by atoms with E-state index in [2.05, 4.69) is 112 Å². The molecule has 0 nitrogen and oxygen atoms in total. The van der Waals surface area contributed by atoms with E-state index in [1.807, 2.05) is 0 Å². The first-order chi connectivity index (χ1) is 10.6. The van der Waals surface area contributed by atoms with E-state index in [4.69, 9.17) is 0 Å². The summed E-state index contributed by atoms with van der Waals surface area (Å²) in [7, 11) is 0. The minimum absolute atomic E-state index is 0.0328. The molecule has 2 aromatic carbocycles. The van der Waals surface area contributed by atoms with Crippen molar-refractivity contribution >= 4 is 23.5 Å². The molecule has 0 radical (unpaired) electrons. The smallest absolute Gasteiger partial charge is 0.0564 e. The van der Waals surface area contributed by atoms with Gasteiger partial charge < -0.3 is 0 Å². The van der Waals surface area contributed by atoms with Crippen LogP contribution in [0.1, 0.15) is 38.8 Å². The van der Waals surface area contributed by atoms with E-state index >= 15 is 0 Å². The molecule has 0 spiro atoms. The summed E-state index contributed by atoms with van der Waals surface area (Å²) >= 11 is 4.11. The van der Waals surface area contributed by atoms with E-state index in [0.717, 1.165) is 11.5 Å². The zero-order valence-corrected chi connectivity index (χ0v) is 15.6. The fraction of sp³-hybridized carbons (Fsp3) is 0.400. The molecule has 0 saturated carbocycles. The first-order valence-electron chi connectivity index (χ1n) is 7.97. The molecule has 2 aromatic rings. The fourth-order valence-electron chi connectivity index (χ4n) is 3.08. The molecule has 0 fully saturated rings. The molecule has 0 saturated heterocycles. The summed E-state index contributed by atoms with van der Waals surface area (Å²) in [5.74, 6) is 2.22. The monoisotopic (exact) mass is 330 g/mol. The molecule has 0 aliphatic carbocycles. The third-order valence-electron chi connectivity index (χ3n) is 4.43. The largest absolute Gasteiger partial charge is 0.149 e. The molecular formula is C20H26S2. The second kappa shape index (κ2) is 7.61. The average Bonchev–Trinajstić information content (AvgIpc) is 2.56. The van der Waals surface area contributed by atoms with Gasteiger partial charge in [-0.3, -0.25) is 0 Å². The van der Waals surface area contributed by atoms with Crippen LogP contribution >= 0.6 is 23.5 Å². The van der Waals surface area contributed by atoms with Gasteiger partial charge in [-0.05, 0) is 36.5 Å². The molecule has 0 aromatic heterocycles. The zero-order valence-electron chi connectivity index (χ0n) is 14.0. The van der Waals surface area contributed by atoms with Crippen molar-refractivity contribution in [2.45, 2.75) is 37.2 Å². The number of rotatable bonds is 7. The van der Waals surface area contributed by atoms with Gasteiger partial charge in [0, 0.05) is 0 Å². The normalized spacial score (nSPS) is 16.7. The molecule has 0 heterocycles. The molecule has 0 bridgehead atoms. The van der Waals surface area contributed by atoms with Gasteiger partial charge in [-0.1, -0.05) is 74.5 Å². The standard InChI is InChI=1S/C20H26S2/c1-5-21-19(3,17-13-9-7-10-14-17)20(4,22-6-2)18-15-11-8-12-16-18/h7-16H,5-6H2,1-4H3/t19-,20+. The SMILES string of the molecule is CCS[C@@](C)(c1ccccc1)[C@](C)(SCC)c1ccccc1. The van der Waals surface area contributed by atoms with Crippen LogP contribution in [0.3, 0.4) is 0 Å². The van der Waals surface area contributed by atoms with Gasteiger partial charge in [0.15, 0.2) is 0 Å². The molecule has 0 aliphatic rings. The van der Waals surface area contributed by atoms with E-state index in [1.54, 1.807) is 0 Å². The average molecular weight is 331 g/mol. The van der Waals surface area contributed by atoms with Crippen molar-refractivity contribution in [2.24, 2.45) is 0 Å². The van der Waals surface area contributed by atoms with E-state index in [-0.39, 0.29) is 9.49 Å². The summed E-state index contributed by atoms with van der Waals surface area (Å²) in [5, 5.41) is 0. The molecular weight excluding hydrogens is 304 g/mol. The Balaban J connectivity index is 2.60. The zero-order chi connectivity index (χ0) is 16.1. The molecule has 0 N–H and O–H groups in total. The van der Waals surface area contributed by atoms with Crippen molar-refractivity contribution in [1.82, 2.24) is 0 Å². The van der Waals surface area contributed by atoms with Crippen LogP contribution in [0.4, 0.5) is 0 Å². The van der Waals surface area contributed by atoms with Crippen LogP contribution in [-0.2, 0) is 9.49 Å². The summed E-state index contributed by atoms with van der Waals surface area (Å²) in [6.45, 7) is 9.33. The van der Waals surface area contributed by atoms with Gasteiger partial charge in [0.1, 0.15) is 0 Å². The molecule has 22 heavy (non-hydrogen) atoms. The Bertz CT molecular complexity index is 513. The maximum atomic E-state index is 2.41. The van der Waals surface area contributed by atoms with Crippen molar-refractivity contribution in [1.29, 1.82) is 0 Å². The molecule has 2 rings (SSSR count). The van der Waals surface area contributed by atoms with Crippen LogP contribution in [-0.4, -0.2) is 11.5 Å². The molecule has 118 valence electrons. The van der Waals surface area contributed by atoms with Gasteiger partial charge in [-0.15, -0.1) is 23.5 Å². The predicted octanol–water partition coefficient (Wildman–Crippen LogP) is 6.32. The molecule has 0 unspecified atom stereocenters. The Labute approximate surface area is 144 Å². The number of thioether (sulfide) groups is 2. The maximum absolute atomic E-state index is 2.41. The van der Waals surface area contributed by atoms with E-state index < -0.39 is 0 Å². The predicted molar refractivity (Wildman–Crippen MR) is 104 cm³/mol. The van der Waals surface area contributed by atoms with Crippen molar-refractivity contribution in [3.63, 3.8) is 0 Å². The van der Waals surface area contributed by atoms with Crippen LogP contribution in [0.5, 0.6) is 0 Å². The van der Waals surface area contributed by atoms with Crippen LogP contribution in [0.2, 0.25) is 0 Å². The quantitative estimate of drug-likeness (QED) is 0.582. The number of benzene rings is 2. The van der Waals surface area contributed by atoms with Gasteiger partial charge in [0.2, 0.25) is 0 Å². The molecule has 0 aliphatic heterocycles. The van der Waals surface area contributed by atoms with E-state index in [0.29, 0.717) is 0 Å². The highest BCUT2D eigenvalue weighted by molar-refractivity contribution is 8.04. The van der Waals surface area contributed by atoms with Crippen molar-refractivity contribution < 1.29 is 0 Å². The lowest BCUT2D eigenvalue weighted by atomic mass is 9.82. The lowest BCUT2D eigenvalue weighted by Gasteiger charge is -2.46. The summed E-state index contributed by atoms with van der Waals surface area (Å²) in [6.07, 6.45) is 0. The van der Waals surface area contributed by atoms with Crippen LogP contribution in [0, 0.1) is 0 Å². The van der Waals surface area contributed by atoms with Gasteiger partial charge in [-0.2, -0.15) is 0 Å². The highest BCUT2D eigenvalue weighted by Crippen LogP contribution is 2.57. The molecule has 2 atom stereocenters. The topological polar surface area (TPSA) is 0 Å². The Morgan fingerprint density at radius 3 is 1.23 bits per heavy atom. The molecule has 2 heteroatoms. The van der Waals surface area contributed by atoms with E-state index in [9.17, 15) is 0 Å². The highest BCUT2D eigenvalue weighted by Gasteiger charge is 2.47. The fourth-order valence-corrected chi connectivity index (χ4v) is 5.98. The second-order valence-corrected chi connectivity index (χ2v) is 9.03. The summed E-state index contributed by atoms with van der Waals surface area (Å²) in [4.78, 5) is 0. The minimum atomic E-state index is 0.0328. The third kappa shape index (κ3) is 3.23. The third-order valence-corrected chi connectivity index (χ3v) is 7.57. The van der Waals surface area contributed by atoms with Crippen LogP contribution in [0.25, 0.3) is 0 Å². The van der Waals surface area contributed by atoms with Crippen molar-refractivity contribution in [3.05, 3.63) is 71.8 Å². The highest BCUT2D eigenvalue weighted by atomic mass is 32.2. The second-order valence-electron chi connectivity index (χ2n) is 5.66. The Hall–Kier alpha value is -0.860. The van der Waals surface area contributed by atoms with Gasteiger partial charge >= 0.3 is 0 Å². The van der Waals surface area contributed by atoms with Gasteiger partial charge in [0.25, 0.3) is 0 Å². The minimum Gasteiger partial charge on any atom is -0.149 e. The summed E-state index contributed by atoms with van der Waals surface area (Å²) < 4.78 is 0.0656. The lowest BCUT2D eigenvalue weighted by Crippen LogP contribution is -2.40. The van der Waals surface area contributed by atoms with E-state index in [1.165, 1.54) is 11.1 Å². The van der Waals surface area contributed by atoms with Crippen LogP contribution < -0.4 is 0 Å². The first-order valence-corrected chi connectivity index (χ1v) is 9.94. The molecule has 0 amide bonds. The summed E-state index contributed by atoms with van der Waals surface area (Å²) in [6, 6.07) is 22.0. The first kappa shape index (κ1) is 17.5. The number of hydrogen-bond donors (Lipinski definition) is 0. The maximum Gasteiger partial charge on any atom is 0.0564 e. The van der Waals surface area contributed by atoms with Crippen molar-refractivity contribution in [3.8, 4) is 0 Å². The Morgan fingerprint density at radius 2 is 0.955 bits per heavy atom. The number of hydrogen-bond acceptors (Lipinski definition) is 2.